The monoisotopic (exact) mass is 348 g/mol. The Balaban J connectivity index is 1.95. The summed E-state index contributed by atoms with van der Waals surface area (Å²) in [5.41, 5.74) is 3.49. The van der Waals surface area contributed by atoms with E-state index in [4.69, 9.17) is 16.6 Å². The molecule has 0 unspecified atom stereocenters. The van der Waals surface area contributed by atoms with E-state index in [-0.39, 0.29) is 5.91 Å². The standard InChI is InChI=1S/C18H21ClN2OS/c1-2-9-20-17(22)11-23-18-13-5-3-4-6-15(13)21-16-8-7-12(19)10-14(16)18/h7-8,10H,2-6,9,11H2,1H3,(H,20,22). The van der Waals surface area contributed by atoms with E-state index in [0.29, 0.717) is 10.8 Å². The number of nitrogens with one attached hydrogen (secondary N) is 1. The molecule has 1 aromatic carbocycles. The predicted octanol–water partition coefficient (Wildman–Crippen LogP) is 4.39. The Hall–Kier alpha value is -1.26. The Bertz CT molecular complexity index is 733. The van der Waals surface area contributed by atoms with Crippen molar-refractivity contribution in [1.82, 2.24) is 10.3 Å². The van der Waals surface area contributed by atoms with Crippen LogP contribution in [0.1, 0.15) is 37.4 Å². The number of rotatable bonds is 5. The van der Waals surface area contributed by atoms with Gasteiger partial charge in [0.05, 0.1) is 11.3 Å². The smallest absolute Gasteiger partial charge is 0.230 e. The molecule has 23 heavy (non-hydrogen) atoms. The first-order valence-corrected chi connectivity index (χ1v) is 9.56. The molecular formula is C18H21ClN2OS. The lowest BCUT2D eigenvalue weighted by Gasteiger charge is -2.20. The molecule has 1 N–H and O–H groups in total. The Morgan fingerprint density at radius 2 is 2.17 bits per heavy atom. The maximum absolute atomic E-state index is 12.0. The first-order chi connectivity index (χ1) is 11.2. The summed E-state index contributed by atoms with van der Waals surface area (Å²) in [6.45, 7) is 2.79. The van der Waals surface area contributed by atoms with Gasteiger partial charge in [-0.1, -0.05) is 18.5 Å². The second kappa shape index (κ2) is 7.54. The fourth-order valence-electron chi connectivity index (χ4n) is 2.97. The lowest BCUT2D eigenvalue weighted by atomic mass is 9.94. The summed E-state index contributed by atoms with van der Waals surface area (Å²) in [5, 5.41) is 4.73. The highest BCUT2D eigenvalue weighted by atomic mass is 35.5. The number of amides is 1. The van der Waals surface area contributed by atoms with Crippen LogP contribution < -0.4 is 5.32 Å². The van der Waals surface area contributed by atoms with Crippen molar-refractivity contribution in [2.75, 3.05) is 12.3 Å². The normalized spacial score (nSPS) is 13.8. The summed E-state index contributed by atoms with van der Waals surface area (Å²) in [7, 11) is 0. The molecule has 1 heterocycles. The van der Waals surface area contributed by atoms with Gasteiger partial charge in [0.15, 0.2) is 0 Å². The van der Waals surface area contributed by atoms with Crippen molar-refractivity contribution in [1.29, 1.82) is 0 Å². The van der Waals surface area contributed by atoms with Crippen molar-refractivity contribution < 1.29 is 4.79 Å². The number of hydrogen-bond donors (Lipinski definition) is 1. The summed E-state index contributed by atoms with van der Waals surface area (Å²) in [5.74, 6) is 0.534. The number of aryl methyl sites for hydroxylation is 1. The van der Waals surface area contributed by atoms with Gasteiger partial charge in [0.2, 0.25) is 5.91 Å². The van der Waals surface area contributed by atoms with Crippen molar-refractivity contribution in [2.24, 2.45) is 0 Å². The van der Waals surface area contributed by atoms with Crippen molar-refractivity contribution in [3.8, 4) is 0 Å². The largest absolute Gasteiger partial charge is 0.355 e. The number of benzene rings is 1. The summed E-state index contributed by atoms with van der Waals surface area (Å²) in [6, 6.07) is 5.84. The zero-order valence-electron chi connectivity index (χ0n) is 13.3. The van der Waals surface area contributed by atoms with E-state index in [1.54, 1.807) is 11.8 Å². The molecule has 122 valence electrons. The second-order valence-electron chi connectivity index (χ2n) is 5.87. The van der Waals surface area contributed by atoms with Crippen LogP contribution in [0, 0.1) is 0 Å². The SMILES string of the molecule is CCCNC(=O)CSc1c2c(nc3ccc(Cl)cc13)CCCC2. The molecule has 0 radical (unpaired) electrons. The molecule has 0 aliphatic heterocycles. The maximum atomic E-state index is 12.0. The predicted molar refractivity (Wildman–Crippen MR) is 97.4 cm³/mol. The van der Waals surface area contributed by atoms with Crippen LogP contribution in [0.3, 0.4) is 0 Å². The minimum Gasteiger partial charge on any atom is -0.355 e. The van der Waals surface area contributed by atoms with E-state index in [0.717, 1.165) is 36.7 Å². The molecule has 1 aromatic heterocycles. The lowest BCUT2D eigenvalue weighted by Crippen LogP contribution is -2.25. The molecule has 0 saturated carbocycles. The Morgan fingerprint density at radius 1 is 1.35 bits per heavy atom. The van der Waals surface area contributed by atoms with Crippen molar-refractivity contribution in [3.63, 3.8) is 0 Å². The summed E-state index contributed by atoms with van der Waals surface area (Å²) in [4.78, 5) is 18.0. The van der Waals surface area contributed by atoms with Crippen LogP contribution in [0.2, 0.25) is 5.02 Å². The van der Waals surface area contributed by atoms with Gasteiger partial charge in [-0.3, -0.25) is 9.78 Å². The quantitative estimate of drug-likeness (QED) is 0.815. The van der Waals surface area contributed by atoms with Crippen molar-refractivity contribution >= 4 is 40.2 Å². The topological polar surface area (TPSA) is 42.0 Å². The van der Waals surface area contributed by atoms with Gasteiger partial charge in [-0.2, -0.15) is 0 Å². The van der Waals surface area contributed by atoms with Gasteiger partial charge in [0.1, 0.15) is 0 Å². The van der Waals surface area contributed by atoms with Gasteiger partial charge in [-0.25, -0.2) is 0 Å². The van der Waals surface area contributed by atoms with Gasteiger partial charge < -0.3 is 5.32 Å². The van der Waals surface area contributed by atoms with Gasteiger partial charge in [0, 0.05) is 27.5 Å². The van der Waals surface area contributed by atoms with Crippen LogP contribution in [0.25, 0.3) is 10.9 Å². The summed E-state index contributed by atoms with van der Waals surface area (Å²) < 4.78 is 0. The maximum Gasteiger partial charge on any atom is 0.230 e. The number of fused-ring (bicyclic) bond motifs is 2. The first kappa shape index (κ1) is 16.6. The second-order valence-corrected chi connectivity index (χ2v) is 7.30. The molecule has 3 nitrogen and oxygen atoms in total. The molecule has 5 heteroatoms. The fraction of sp³-hybridized carbons (Fsp3) is 0.444. The molecule has 3 rings (SSSR count). The average Bonchev–Trinajstić information content (AvgIpc) is 2.57. The number of halogens is 1. The molecule has 0 fully saturated rings. The van der Waals surface area contributed by atoms with Gasteiger partial charge in [0.25, 0.3) is 0 Å². The number of hydrogen-bond acceptors (Lipinski definition) is 3. The Labute approximate surface area is 146 Å². The number of nitrogens with zero attached hydrogens (tertiary/aromatic N) is 1. The third-order valence-corrected chi connectivity index (χ3v) is 5.49. The minimum atomic E-state index is 0.0911. The average molecular weight is 349 g/mol. The summed E-state index contributed by atoms with van der Waals surface area (Å²) >= 11 is 7.81. The molecule has 2 aromatic rings. The Kier molecular flexibility index (Phi) is 5.44. The third kappa shape index (κ3) is 3.81. The van der Waals surface area contributed by atoms with E-state index in [1.807, 2.05) is 18.2 Å². The van der Waals surface area contributed by atoms with Gasteiger partial charge in [-0.15, -0.1) is 11.8 Å². The van der Waals surface area contributed by atoms with Crippen LogP contribution in [0.5, 0.6) is 0 Å². The van der Waals surface area contributed by atoms with Crippen LogP contribution in [-0.2, 0) is 17.6 Å². The molecular weight excluding hydrogens is 328 g/mol. The number of carbonyl (C=O) groups is 1. The van der Waals surface area contributed by atoms with E-state index >= 15 is 0 Å². The molecule has 0 atom stereocenters. The minimum absolute atomic E-state index is 0.0911. The molecule has 0 bridgehead atoms. The number of pyridine rings is 1. The van der Waals surface area contributed by atoms with Crippen LogP contribution in [-0.4, -0.2) is 23.2 Å². The lowest BCUT2D eigenvalue weighted by molar-refractivity contribution is -0.118. The van der Waals surface area contributed by atoms with Crippen LogP contribution in [0.15, 0.2) is 23.1 Å². The molecule has 1 aliphatic rings. The highest BCUT2D eigenvalue weighted by molar-refractivity contribution is 8.00. The van der Waals surface area contributed by atoms with E-state index < -0.39 is 0 Å². The molecule has 0 spiro atoms. The van der Waals surface area contributed by atoms with Crippen molar-refractivity contribution in [2.45, 2.75) is 43.9 Å². The fourth-order valence-corrected chi connectivity index (χ4v) is 4.23. The molecule has 0 saturated heterocycles. The zero-order valence-corrected chi connectivity index (χ0v) is 14.9. The van der Waals surface area contributed by atoms with E-state index in [9.17, 15) is 4.79 Å². The van der Waals surface area contributed by atoms with Gasteiger partial charge in [-0.05, 0) is 55.9 Å². The number of carbonyl (C=O) groups excluding carboxylic acids is 1. The number of aromatic nitrogens is 1. The van der Waals surface area contributed by atoms with Gasteiger partial charge >= 0.3 is 0 Å². The highest BCUT2D eigenvalue weighted by Crippen LogP contribution is 2.36. The van der Waals surface area contributed by atoms with Crippen molar-refractivity contribution in [3.05, 3.63) is 34.5 Å². The summed E-state index contributed by atoms with van der Waals surface area (Å²) in [6.07, 6.45) is 5.42. The van der Waals surface area contributed by atoms with E-state index in [1.165, 1.54) is 29.0 Å². The van der Waals surface area contributed by atoms with Crippen LogP contribution in [0.4, 0.5) is 0 Å². The first-order valence-electron chi connectivity index (χ1n) is 8.19. The third-order valence-electron chi connectivity index (χ3n) is 4.09. The Morgan fingerprint density at radius 3 is 3.00 bits per heavy atom. The molecule has 1 aliphatic carbocycles. The molecule has 1 amide bonds. The number of thioether (sulfide) groups is 1. The zero-order chi connectivity index (χ0) is 16.2. The highest BCUT2D eigenvalue weighted by Gasteiger charge is 2.19. The van der Waals surface area contributed by atoms with Crippen LogP contribution >= 0.6 is 23.4 Å². The van der Waals surface area contributed by atoms with E-state index in [2.05, 4.69) is 12.2 Å².